The van der Waals surface area contributed by atoms with Crippen LogP contribution in [0.15, 0.2) is 30.3 Å². The van der Waals surface area contributed by atoms with Gasteiger partial charge in [0.15, 0.2) is 0 Å². The average molecular weight is 261 g/mol. The lowest BCUT2D eigenvalue weighted by atomic mass is 9.74. The minimum absolute atomic E-state index is 0.325. The molecule has 0 fully saturated rings. The molecule has 1 nitrogen and oxygen atoms in total. The van der Waals surface area contributed by atoms with Crippen molar-refractivity contribution in [1.29, 1.82) is 0 Å². The number of rotatable bonds is 10. The summed E-state index contributed by atoms with van der Waals surface area (Å²) in [6.07, 6.45) is 7.73. The van der Waals surface area contributed by atoms with Gasteiger partial charge in [-0.15, -0.1) is 0 Å². The van der Waals surface area contributed by atoms with Gasteiger partial charge in [0, 0.05) is 12.0 Å². The first kappa shape index (κ1) is 16.2. The van der Waals surface area contributed by atoms with E-state index in [1.54, 1.807) is 0 Å². The number of unbranched alkanes of at least 4 members (excludes halogenated alkanes) is 2. The Labute approximate surface area is 119 Å². The normalized spacial score (nSPS) is 14.3. The van der Waals surface area contributed by atoms with Crippen molar-refractivity contribution < 1.29 is 0 Å². The van der Waals surface area contributed by atoms with E-state index < -0.39 is 0 Å². The van der Waals surface area contributed by atoms with Crippen LogP contribution in [0.25, 0.3) is 0 Å². The van der Waals surface area contributed by atoms with Gasteiger partial charge < -0.3 is 5.32 Å². The Balaban J connectivity index is 2.79. The molecule has 0 heterocycles. The van der Waals surface area contributed by atoms with E-state index >= 15 is 0 Å². The molecule has 19 heavy (non-hydrogen) atoms. The highest BCUT2D eigenvalue weighted by Crippen LogP contribution is 2.33. The lowest BCUT2D eigenvalue weighted by Crippen LogP contribution is -2.38. The van der Waals surface area contributed by atoms with Crippen molar-refractivity contribution >= 4 is 0 Å². The molecule has 1 aromatic carbocycles. The second-order valence-corrected chi connectivity index (χ2v) is 5.63. The zero-order valence-electron chi connectivity index (χ0n) is 13.0. The van der Waals surface area contributed by atoms with Gasteiger partial charge in [-0.2, -0.15) is 0 Å². The topological polar surface area (TPSA) is 12.0 Å². The van der Waals surface area contributed by atoms with Crippen LogP contribution in [0.1, 0.15) is 64.9 Å². The molecule has 0 aromatic heterocycles. The molecule has 0 radical (unpaired) electrons. The second kappa shape index (κ2) is 9.14. The molecular weight excluding hydrogens is 230 g/mol. The third-order valence-electron chi connectivity index (χ3n) is 4.21. The largest absolute Gasteiger partial charge is 0.316 e. The van der Waals surface area contributed by atoms with Crippen LogP contribution in [0.4, 0.5) is 0 Å². The highest BCUT2D eigenvalue weighted by molar-refractivity contribution is 5.25. The Hall–Kier alpha value is -0.820. The predicted molar refractivity (Wildman–Crippen MR) is 85.7 cm³/mol. The van der Waals surface area contributed by atoms with Gasteiger partial charge >= 0.3 is 0 Å². The molecule has 1 atom stereocenters. The summed E-state index contributed by atoms with van der Waals surface area (Å²) in [4.78, 5) is 0. The quantitative estimate of drug-likeness (QED) is 0.590. The van der Waals surface area contributed by atoms with Crippen molar-refractivity contribution in [3.8, 4) is 0 Å². The minimum Gasteiger partial charge on any atom is -0.316 e. The number of benzene rings is 1. The highest BCUT2D eigenvalue weighted by atomic mass is 14.9. The van der Waals surface area contributed by atoms with Gasteiger partial charge in [0.25, 0.3) is 0 Å². The fourth-order valence-electron chi connectivity index (χ4n) is 2.85. The van der Waals surface area contributed by atoms with E-state index in [-0.39, 0.29) is 0 Å². The number of hydrogen-bond acceptors (Lipinski definition) is 1. The average Bonchev–Trinajstić information content (AvgIpc) is 2.47. The molecule has 1 heteroatoms. The molecule has 1 aromatic rings. The summed E-state index contributed by atoms with van der Waals surface area (Å²) in [5.74, 6) is 0. The van der Waals surface area contributed by atoms with Crippen LogP contribution in [0, 0.1) is 0 Å². The van der Waals surface area contributed by atoms with Gasteiger partial charge in [-0.05, 0) is 31.4 Å². The molecule has 1 rings (SSSR count). The first-order chi connectivity index (χ1) is 9.29. The maximum Gasteiger partial charge on any atom is 0.00751 e. The van der Waals surface area contributed by atoms with Crippen molar-refractivity contribution in [2.75, 3.05) is 13.1 Å². The van der Waals surface area contributed by atoms with Gasteiger partial charge in [-0.25, -0.2) is 0 Å². The molecule has 0 aliphatic carbocycles. The zero-order valence-corrected chi connectivity index (χ0v) is 13.0. The molecule has 0 spiro atoms. The molecule has 108 valence electrons. The summed E-state index contributed by atoms with van der Waals surface area (Å²) in [5.41, 5.74) is 1.84. The van der Waals surface area contributed by atoms with E-state index in [4.69, 9.17) is 0 Å². The van der Waals surface area contributed by atoms with E-state index in [1.165, 1.54) is 44.1 Å². The van der Waals surface area contributed by atoms with Gasteiger partial charge in [-0.1, -0.05) is 70.4 Å². The predicted octanol–water partition coefficient (Wildman–Crippen LogP) is 4.91. The van der Waals surface area contributed by atoms with Crippen molar-refractivity contribution in [1.82, 2.24) is 5.32 Å². The van der Waals surface area contributed by atoms with Gasteiger partial charge in [0.1, 0.15) is 0 Å². The Bertz CT molecular complexity index is 308. The fourth-order valence-corrected chi connectivity index (χ4v) is 2.85. The summed E-state index contributed by atoms with van der Waals surface area (Å²) < 4.78 is 0. The van der Waals surface area contributed by atoms with Crippen LogP contribution >= 0.6 is 0 Å². The fraction of sp³-hybridized carbons (Fsp3) is 0.667. The minimum atomic E-state index is 0.325. The first-order valence-electron chi connectivity index (χ1n) is 8.05. The van der Waals surface area contributed by atoms with Gasteiger partial charge in [-0.3, -0.25) is 0 Å². The van der Waals surface area contributed by atoms with Crippen LogP contribution < -0.4 is 5.32 Å². The van der Waals surface area contributed by atoms with Crippen molar-refractivity contribution in [2.45, 2.75) is 64.7 Å². The third kappa shape index (κ3) is 4.99. The molecule has 0 aliphatic heterocycles. The maximum absolute atomic E-state index is 3.65. The van der Waals surface area contributed by atoms with Crippen LogP contribution in [-0.2, 0) is 5.41 Å². The summed E-state index contributed by atoms with van der Waals surface area (Å²) >= 11 is 0. The Morgan fingerprint density at radius 1 is 0.947 bits per heavy atom. The van der Waals surface area contributed by atoms with E-state index in [2.05, 4.69) is 56.4 Å². The Morgan fingerprint density at radius 2 is 1.68 bits per heavy atom. The van der Waals surface area contributed by atoms with Crippen LogP contribution in [0.3, 0.4) is 0 Å². The summed E-state index contributed by atoms with van der Waals surface area (Å²) in [7, 11) is 0. The lowest BCUT2D eigenvalue weighted by Gasteiger charge is -2.34. The number of nitrogens with one attached hydrogen (secondary N) is 1. The SMILES string of the molecule is CCCCCC(CC)(CNCCC)c1ccccc1. The van der Waals surface area contributed by atoms with Gasteiger partial charge in [0.2, 0.25) is 0 Å². The molecule has 1 N–H and O–H groups in total. The van der Waals surface area contributed by atoms with Crippen LogP contribution in [0.5, 0.6) is 0 Å². The molecule has 1 unspecified atom stereocenters. The Morgan fingerprint density at radius 3 is 2.26 bits per heavy atom. The maximum atomic E-state index is 3.65. The molecule has 0 aliphatic rings. The van der Waals surface area contributed by atoms with Crippen LogP contribution in [-0.4, -0.2) is 13.1 Å². The first-order valence-corrected chi connectivity index (χ1v) is 8.05. The summed E-state index contributed by atoms with van der Waals surface area (Å²) in [6.45, 7) is 9.10. The third-order valence-corrected chi connectivity index (χ3v) is 4.21. The van der Waals surface area contributed by atoms with E-state index in [9.17, 15) is 0 Å². The van der Waals surface area contributed by atoms with E-state index in [1.807, 2.05) is 0 Å². The van der Waals surface area contributed by atoms with E-state index in [0.29, 0.717) is 5.41 Å². The molecular formula is C18H31N. The summed E-state index contributed by atoms with van der Waals surface area (Å²) in [5, 5.41) is 3.65. The number of hydrogen-bond donors (Lipinski definition) is 1. The lowest BCUT2D eigenvalue weighted by molar-refractivity contribution is 0.342. The molecule has 0 amide bonds. The second-order valence-electron chi connectivity index (χ2n) is 5.63. The Kier molecular flexibility index (Phi) is 7.81. The van der Waals surface area contributed by atoms with Crippen molar-refractivity contribution in [2.24, 2.45) is 0 Å². The zero-order chi connectivity index (χ0) is 14.0. The standard InChI is InChI=1S/C18H31N/c1-4-7-11-14-18(6-3,16-19-15-5-2)17-12-9-8-10-13-17/h8-10,12-13,19H,4-7,11,14-16H2,1-3H3. The van der Waals surface area contributed by atoms with Crippen molar-refractivity contribution in [3.05, 3.63) is 35.9 Å². The van der Waals surface area contributed by atoms with E-state index in [0.717, 1.165) is 13.1 Å². The monoisotopic (exact) mass is 261 g/mol. The highest BCUT2D eigenvalue weighted by Gasteiger charge is 2.29. The molecule has 0 bridgehead atoms. The molecule has 0 saturated carbocycles. The smallest absolute Gasteiger partial charge is 0.00751 e. The van der Waals surface area contributed by atoms with Crippen LogP contribution in [0.2, 0.25) is 0 Å². The molecule has 0 saturated heterocycles. The summed E-state index contributed by atoms with van der Waals surface area (Å²) in [6, 6.07) is 11.1. The van der Waals surface area contributed by atoms with Crippen molar-refractivity contribution in [3.63, 3.8) is 0 Å². The van der Waals surface area contributed by atoms with Gasteiger partial charge in [0.05, 0.1) is 0 Å².